The van der Waals surface area contributed by atoms with Crippen molar-refractivity contribution in [2.45, 2.75) is 18.9 Å². The molecule has 0 aliphatic carbocycles. The van der Waals surface area contributed by atoms with Gasteiger partial charge in [-0.2, -0.15) is 0 Å². The molecule has 0 radical (unpaired) electrons. The molecule has 2 aliphatic rings. The molecule has 0 aromatic rings. The van der Waals surface area contributed by atoms with Crippen LogP contribution in [0.15, 0.2) is 0 Å². The Morgan fingerprint density at radius 1 is 1.18 bits per heavy atom. The highest BCUT2D eigenvalue weighted by Crippen LogP contribution is 2.19. The van der Waals surface area contributed by atoms with Crippen molar-refractivity contribution in [3.8, 4) is 0 Å². The molecule has 1 N–H and O–H groups in total. The van der Waals surface area contributed by atoms with E-state index in [0.717, 1.165) is 6.42 Å². The van der Waals surface area contributed by atoms with E-state index in [1.807, 2.05) is 0 Å². The summed E-state index contributed by atoms with van der Waals surface area (Å²) in [5, 5.41) is 9.01. The molecule has 0 spiro atoms. The summed E-state index contributed by atoms with van der Waals surface area (Å²) in [5.74, 6) is 0.0608. The molecule has 7 heteroatoms. The van der Waals surface area contributed by atoms with E-state index in [-0.39, 0.29) is 6.03 Å². The van der Waals surface area contributed by atoms with Crippen LogP contribution in [0.1, 0.15) is 12.8 Å². The number of nitrogens with zero attached hydrogens (tertiary/aromatic N) is 2. The number of likely N-dealkylation sites (tertiary alicyclic amines) is 1. The van der Waals surface area contributed by atoms with E-state index in [4.69, 9.17) is 5.11 Å². The number of carboxylic acid groups (broad SMARTS) is 1. The molecule has 17 heavy (non-hydrogen) atoms. The Hall–Kier alpha value is -1.11. The van der Waals surface area contributed by atoms with E-state index in [1.165, 1.54) is 4.90 Å². The molecule has 1 atom stereocenters. The van der Waals surface area contributed by atoms with Crippen LogP contribution in [0.5, 0.6) is 0 Å². The van der Waals surface area contributed by atoms with Crippen LogP contribution in [0.2, 0.25) is 0 Å². The lowest BCUT2D eigenvalue weighted by molar-refractivity contribution is -0.141. The van der Waals surface area contributed by atoms with Crippen molar-refractivity contribution < 1.29 is 18.9 Å². The van der Waals surface area contributed by atoms with E-state index in [9.17, 15) is 13.8 Å². The fourth-order valence-corrected chi connectivity index (χ4v) is 3.32. The van der Waals surface area contributed by atoms with Crippen LogP contribution in [-0.2, 0) is 15.6 Å². The summed E-state index contributed by atoms with van der Waals surface area (Å²) < 4.78 is 11.2. The minimum atomic E-state index is -0.934. The second kappa shape index (κ2) is 5.03. The van der Waals surface area contributed by atoms with Gasteiger partial charge in [-0.15, -0.1) is 0 Å². The van der Waals surface area contributed by atoms with Crippen molar-refractivity contribution in [3.05, 3.63) is 0 Å². The zero-order chi connectivity index (χ0) is 12.4. The van der Waals surface area contributed by atoms with Gasteiger partial charge in [0.15, 0.2) is 0 Å². The number of rotatable bonds is 1. The number of carboxylic acids is 1. The molecule has 2 aliphatic heterocycles. The van der Waals surface area contributed by atoms with Crippen LogP contribution in [0.25, 0.3) is 0 Å². The van der Waals surface area contributed by atoms with Gasteiger partial charge in [0.25, 0.3) is 0 Å². The van der Waals surface area contributed by atoms with Crippen LogP contribution < -0.4 is 0 Å². The zero-order valence-corrected chi connectivity index (χ0v) is 10.3. The van der Waals surface area contributed by atoms with Crippen LogP contribution in [0, 0.1) is 0 Å². The van der Waals surface area contributed by atoms with E-state index >= 15 is 0 Å². The summed E-state index contributed by atoms with van der Waals surface area (Å²) in [5.41, 5.74) is 0. The Bertz CT molecular complexity index is 350. The van der Waals surface area contributed by atoms with E-state index in [0.29, 0.717) is 37.6 Å². The molecule has 0 aromatic carbocycles. The van der Waals surface area contributed by atoms with Gasteiger partial charge < -0.3 is 14.9 Å². The second-order valence-corrected chi connectivity index (χ2v) is 6.00. The predicted octanol–water partition coefficient (Wildman–Crippen LogP) is -0.280. The van der Waals surface area contributed by atoms with Crippen LogP contribution >= 0.6 is 0 Å². The summed E-state index contributed by atoms with van der Waals surface area (Å²) >= 11 is 0. The summed E-state index contributed by atoms with van der Waals surface area (Å²) in [4.78, 5) is 26.1. The van der Waals surface area contributed by atoms with Crippen molar-refractivity contribution in [1.29, 1.82) is 0 Å². The number of aliphatic carboxylic acids is 1. The quantitative estimate of drug-likeness (QED) is 0.703. The number of hydrogen-bond donors (Lipinski definition) is 1. The fraction of sp³-hybridized carbons (Fsp3) is 0.800. The molecule has 0 aromatic heterocycles. The first-order valence-electron chi connectivity index (χ1n) is 5.73. The largest absolute Gasteiger partial charge is 0.480 e. The highest BCUT2D eigenvalue weighted by atomic mass is 32.2. The Balaban J connectivity index is 1.99. The second-order valence-electron chi connectivity index (χ2n) is 4.31. The number of carbonyl (C=O) groups excluding carboxylic acids is 1. The molecule has 96 valence electrons. The first kappa shape index (κ1) is 12.3. The summed E-state index contributed by atoms with van der Waals surface area (Å²) in [6.07, 6.45) is 1.27. The number of hydrogen-bond acceptors (Lipinski definition) is 3. The highest BCUT2D eigenvalue weighted by molar-refractivity contribution is 7.85. The molecular formula is C10H16N2O4S. The normalized spacial score (nSPS) is 26.2. The smallest absolute Gasteiger partial charge is 0.326 e. The lowest BCUT2D eigenvalue weighted by atomic mass is 10.2. The van der Waals surface area contributed by atoms with Gasteiger partial charge >= 0.3 is 12.0 Å². The van der Waals surface area contributed by atoms with Gasteiger partial charge in [0.1, 0.15) is 6.04 Å². The van der Waals surface area contributed by atoms with Gasteiger partial charge in [-0.3, -0.25) is 4.21 Å². The molecule has 0 saturated carbocycles. The van der Waals surface area contributed by atoms with Crippen molar-refractivity contribution in [2.75, 3.05) is 31.1 Å². The predicted molar refractivity (Wildman–Crippen MR) is 62.2 cm³/mol. The highest BCUT2D eigenvalue weighted by Gasteiger charge is 2.36. The molecule has 6 nitrogen and oxygen atoms in total. The fourth-order valence-electron chi connectivity index (χ4n) is 2.26. The van der Waals surface area contributed by atoms with Crippen LogP contribution in [-0.4, -0.2) is 68.3 Å². The van der Waals surface area contributed by atoms with Gasteiger partial charge in [0.05, 0.1) is 0 Å². The molecule has 2 fully saturated rings. The third-order valence-corrected chi connectivity index (χ3v) is 4.51. The van der Waals surface area contributed by atoms with Crippen molar-refractivity contribution in [3.63, 3.8) is 0 Å². The number of carbonyl (C=O) groups is 2. The maximum absolute atomic E-state index is 12.1. The minimum absolute atomic E-state index is 0.216. The number of urea groups is 1. The first-order valence-corrected chi connectivity index (χ1v) is 7.21. The van der Waals surface area contributed by atoms with Gasteiger partial charge in [0.2, 0.25) is 0 Å². The van der Waals surface area contributed by atoms with Gasteiger partial charge in [-0.25, -0.2) is 9.59 Å². The van der Waals surface area contributed by atoms with Crippen LogP contribution in [0.4, 0.5) is 4.79 Å². The maximum Gasteiger partial charge on any atom is 0.326 e. The Morgan fingerprint density at radius 2 is 1.82 bits per heavy atom. The average molecular weight is 260 g/mol. The minimum Gasteiger partial charge on any atom is -0.480 e. The van der Waals surface area contributed by atoms with Crippen molar-refractivity contribution in [1.82, 2.24) is 9.80 Å². The molecule has 2 saturated heterocycles. The molecule has 2 rings (SSSR count). The van der Waals surface area contributed by atoms with Crippen molar-refractivity contribution in [2.24, 2.45) is 0 Å². The van der Waals surface area contributed by atoms with Crippen molar-refractivity contribution >= 4 is 22.8 Å². The monoisotopic (exact) mass is 260 g/mol. The molecule has 0 bridgehead atoms. The third kappa shape index (κ3) is 2.59. The topological polar surface area (TPSA) is 77.9 Å². The Morgan fingerprint density at radius 3 is 2.41 bits per heavy atom. The summed E-state index contributed by atoms with van der Waals surface area (Å²) in [7, 11) is -0.825. The van der Waals surface area contributed by atoms with Gasteiger partial charge in [-0.05, 0) is 12.8 Å². The first-order chi connectivity index (χ1) is 8.09. The Kier molecular flexibility index (Phi) is 3.66. The SMILES string of the molecule is O=C(O)[C@H]1CCCN1C(=O)N1CCS(=O)CC1. The standard InChI is InChI=1S/C10H16N2O4S/c13-9(14)8-2-1-3-12(8)10(15)11-4-6-17(16)7-5-11/h8H,1-7H2,(H,13,14)/t8-/m1/s1. The van der Waals surface area contributed by atoms with Gasteiger partial charge in [-0.1, -0.05) is 0 Å². The summed E-state index contributed by atoms with van der Waals surface area (Å²) in [6.45, 7) is 1.44. The van der Waals surface area contributed by atoms with E-state index in [1.54, 1.807) is 4.90 Å². The van der Waals surface area contributed by atoms with Gasteiger partial charge in [0, 0.05) is 41.9 Å². The average Bonchev–Trinajstić information content (AvgIpc) is 2.78. The summed E-state index contributed by atoms with van der Waals surface area (Å²) in [6, 6.07) is -0.901. The van der Waals surface area contributed by atoms with Crippen LogP contribution in [0.3, 0.4) is 0 Å². The Labute approximate surface area is 102 Å². The zero-order valence-electron chi connectivity index (χ0n) is 9.50. The number of amides is 2. The molecule has 0 unspecified atom stereocenters. The lowest BCUT2D eigenvalue weighted by Crippen LogP contribution is -2.51. The molecule has 2 amide bonds. The van der Waals surface area contributed by atoms with E-state index in [2.05, 4.69) is 0 Å². The van der Waals surface area contributed by atoms with E-state index < -0.39 is 22.8 Å². The lowest BCUT2D eigenvalue weighted by Gasteiger charge is -2.32. The molecular weight excluding hydrogens is 244 g/mol. The molecule has 2 heterocycles. The third-order valence-electron chi connectivity index (χ3n) is 3.23. The maximum atomic E-state index is 12.1.